The van der Waals surface area contributed by atoms with Gasteiger partial charge in [-0.1, -0.05) is 6.92 Å². The minimum absolute atomic E-state index is 0.0858. The van der Waals surface area contributed by atoms with E-state index in [9.17, 15) is 8.78 Å². The van der Waals surface area contributed by atoms with Crippen LogP contribution >= 0.6 is 0 Å². The lowest BCUT2D eigenvalue weighted by molar-refractivity contribution is 0.122. The Kier molecular flexibility index (Phi) is 6.12. The molecule has 0 unspecified atom stereocenters. The van der Waals surface area contributed by atoms with Crippen LogP contribution in [0.2, 0.25) is 0 Å². The van der Waals surface area contributed by atoms with Crippen LogP contribution in [0.4, 0.5) is 14.5 Å². The van der Waals surface area contributed by atoms with Crippen molar-refractivity contribution in [3.63, 3.8) is 0 Å². The topological polar surface area (TPSA) is 105 Å². The lowest BCUT2D eigenvalue weighted by Crippen LogP contribution is -2.36. The highest BCUT2D eigenvalue weighted by Crippen LogP contribution is 2.33. The van der Waals surface area contributed by atoms with Crippen LogP contribution in [0.3, 0.4) is 0 Å². The number of aliphatic imine (C=N–C) groups is 1. The van der Waals surface area contributed by atoms with Gasteiger partial charge in [0.2, 0.25) is 0 Å². The molecule has 1 saturated heterocycles. The molecule has 2 aromatic carbocycles. The molecule has 0 bridgehead atoms. The van der Waals surface area contributed by atoms with Gasteiger partial charge in [0.25, 0.3) is 0 Å². The number of amidine groups is 1. The number of ether oxygens (including phenoxy) is 1. The molecule has 4 aromatic rings. The van der Waals surface area contributed by atoms with Crippen molar-refractivity contribution >= 4 is 39.8 Å². The number of hydrogen-bond donors (Lipinski definition) is 2. The quantitative estimate of drug-likeness (QED) is 0.323. The zero-order valence-corrected chi connectivity index (χ0v) is 19.3. The summed E-state index contributed by atoms with van der Waals surface area (Å²) in [4.78, 5) is 15.2. The standard InChI is InChI=1S/C25H25F2N7O/c1-2-3-22-32-24-18(25(29)31-14-28)12-16(33-6-8-35-9-7-33)13-21(24)34(22)20-4-5-30-23-17(20)10-15(26)11-19(23)27/h4-5,10-14H,2-3,6-9H2,1H3,(H3,28,29,31). The van der Waals surface area contributed by atoms with E-state index in [2.05, 4.69) is 14.9 Å². The van der Waals surface area contributed by atoms with Gasteiger partial charge in [0.1, 0.15) is 34.8 Å². The summed E-state index contributed by atoms with van der Waals surface area (Å²) in [6, 6.07) is 7.79. The third-order valence-electron chi connectivity index (χ3n) is 6.12. The summed E-state index contributed by atoms with van der Waals surface area (Å²) in [5.41, 5.74) is 9.77. The van der Waals surface area contributed by atoms with Gasteiger partial charge in [-0.3, -0.25) is 15.0 Å². The fraction of sp³-hybridized carbons (Fsp3) is 0.280. The first-order valence-electron chi connectivity index (χ1n) is 11.5. The van der Waals surface area contributed by atoms with Crippen molar-refractivity contribution in [2.75, 3.05) is 31.2 Å². The van der Waals surface area contributed by atoms with Gasteiger partial charge in [-0.25, -0.2) is 18.8 Å². The summed E-state index contributed by atoms with van der Waals surface area (Å²) in [6.45, 7) is 4.66. The smallest absolute Gasteiger partial charge is 0.152 e. The number of nitrogens with one attached hydrogen (secondary N) is 1. The molecular weight excluding hydrogens is 452 g/mol. The average Bonchev–Trinajstić information content (AvgIpc) is 3.21. The monoisotopic (exact) mass is 477 g/mol. The molecule has 1 fully saturated rings. The highest BCUT2D eigenvalue weighted by molar-refractivity contribution is 6.11. The van der Waals surface area contributed by atoms with Crippen molar-refractivity contribution in [1.29, 1.82) is 5.41 Å². The molecule has 180 valence electrons. The van der Waals surface area contributed by atoms with E-state index in [4.69, 9.17) is 20.9 Å². The van der Waals surface area contributed by atoms with Crippen LogP contribution in [0.15, 0.2) is 41.5 Å². The number of pyridine rings is 1. The van der Waals surface area contributed by atoms with Crippen molar-refractivity contribution in [3.05, 3.63) is 59.6 Å². The van der Waals surface area contributed by atoms with E-state index < -0.39 is 11.6 Å². The summed E-state index contributed by atoms with van der Waals surface area (Å²) in [5, 5.41) is 7.74. The molecule has 3 heterocycles. The molecule has 8 nitrogen and oxygen atoms in total. The Hall–Kier alpha value is -3.92. The second kappa shape index (κ2) is 9.38. The summed E-state index contributed by atoms with van der Waals surface area (Å²) in [5.74, 6) is -0.504. The Morgan fingerprint density at radius 1 is 1.20 bits per heavy atom. The van der Waals surface area contributed by atoms with Gasteiger partial charge in [-0.2, -0.15) is 0 Å². The van der Waals surface area contributed by atoms with Gasteiger partial charge in [0.15, 0.2) is 5.82 Å². The van der Waals surface area contributed by atoms with E-state index in [1.54, 1.807) is 6.07 Å². The van der Waals surface area contributed by atoms with Crippen molar-refractivity contribution in [3.8, 4) is 5.69 Å². The molecule has 0 saturated carbocycles. The summed E-state index contributed by atoms with van der Waals surface area (Å²) >= 11 is 0. The van der Waals surface area contributed by atoms with Gasteiger partial charge < -0.3 is 15.4 Å². The number of rotatable bonds is 6. The largest absolute Gasteiger partial charge is 0.383 e. The highest BCUT2D eigenvalue weighted by atomic mass is 19.1. The number of benzene rings is 2. The predicted molar refractivity (Wildman–Crippen MR) is 133 cm³/mol. The number of imidazole rings is 1. The van der Waals surface area contributed by atoms with Crippen LogP contribution in [0, 0.1) is 17.0 Å². The van der Waals surface area contributed by atoms with Crippen LogP contribution in [0.1, 0.15) is 24.7 Å². The molecule has 0 amide bonds. The fourth-order valence-corrected chi connectivity index (χ4v) is 4.57. The molecule has 1 aliphatic rings. The van der Waals surface area contributed by atoms with Crippen LogP contribution < -0.4 is 10.6 Å². The van der Waals surface area contributed by atoms with Crippen LogP contribution in [0.5, 0.6) is 0 Å². The van der Waals surface area contributed by atoms with Crippen LogP contribution in [-0.2, 0) is 11.2 Å². The molecule has 0 radical (unpaired) electrons. The van der Waals surface area contributed by atoms with Gasteiger partial charge in [0.05, 0.1) is 24.4 Å². The predicted octanol–water partition coefficient (Wildman–Crippen LogP) is 3.95. The molecule has 10 heteroatoms. The number of aromatic nitrogens is 3. The zero-order valence-electron chi connectivity index (χ0n) is 19.3. The minimum atomic E-state index is -0.722. The second-order valence-electron chi connectivity index (χ2n) is 8.33. The lowest BCUT2D eigenvalue weighted by Gasteiger charge is -2.29. The molecule has 1 aliphatic heterocycles. The van der Waals surface area contributed by atoms with Gasteiger partial charge in [-0.05, 0) is 30.7 Å². The number of fused-ring (bicyclic) bond motifs is 2. The zero-order chi connectivity index (χ0) is 24.5. The Morgan fingerprint density at radius 3 is 2.74 bits per heavy atom. The molecule has 0 aliphatic carbocycles. The van der Waals surface area contributed by atoms with Crippen molar-refractivity contribution in [1.82, 2.24) is 14.5 Å². The number of halogens is 2. The van der Waals surface area contributed by atoms with E-state index in [1.807, 2.05) is 23.6 Å². The van der Waals surface area contributed by atoms with Crippen molar-refractivity contribution < 1.29 is 13.5 Å². The maximum absolute atomic E-state index is 14.6. The normalized spacial score (nSPS) is 14.7. The first-order chi connectivity index (χ1) is 17.0. The molecule has 2 aromatic heterocycles. The van der Waals surface area contributed by atoms with Gasteiger partial charge >= 0.3 is 0 Å². The molecule has 5 rings (SSSR count). The molecule has 0 atom stereocenters. The SMILES string of the molecule is CCCc1nc2c(C(N)=NC=N)cc(N3CCOCC3)cc2n1-c1ccnc2c(F)cc(F)cc12. The summed E-state index contributed by atoms with van der Waals surface area (Å²) in [7, 11) is 0. The van der Waals surface area contributed by atoms with E-state index >= 15 is 0 Å². The Morgan fingerprint density at radius 2 is 2.00 bits per heavy atom. The van der Waals surface area contributed by atoms with E-state index in [0.717, 1.165) is 35.9 Å². The molecule has 35 heavy (non-hydrogen) atoms. The summed E-state index contributed by atoms with van der Waals surface area (Å²) in [6.07, 6.45) is 3.85. The number of nitrogens with zero attached hydrogens (tertiary/aromatic N) is 5. The second-order valence-corrected chi connectivity index (χ2v) is 8.33. The average molecular weight is 478 g/mol. The van der Waals surface area contributed by atoms with Gasteiger partial charge in [0, 0.05) is 48.4 Å². The Bertz CT molecular complexity index is 1460. The van der Waals surface area contributed by atoms with E-state index in [0.29, 0.717) is 54.9 Å². The number of anilines is 1. The highest BCUT2D eigenvalue weighted by Gasteiger charge is 2.22. The van der Waals surface area contributed by atoms with Crippen molar-refractivity contribution in [2.24, 2.45) is 10.7 Å². The third-order valence-corrected chi connectivity index (χ3v) is 6.12. The molecule has 0 spiro atoms. The number of morpholine rings is 1. The van der Waals surface area contributed by atoms with Gasteiger partial charge in [-0.15, -0.1) is 0 Å². The maximum Gasteiger partial charge on any atom is 0.152 e. The third kappa shape index (κ3) is 4.10. The first-order valence-corrected chi connectivity index (χ1v) is 11.5. The van der Waals surface area contributed by atoms with Crippen LogP contribution in [0.25, 0.3) is 27.6 Å². The maximum atomic E-state index is 14.6. The van der Waals surface area contributed by atoms with Crippen molar-refractivity contribution in [2.45, 2.75) is 19.8 Å². The summed E-state index contributed by atoms with van der Waals surface area (Å²) < 4.78 is 36.3. The number of aryl methyl sites for hydroxylation is 1. The molecule has 3 N–H and O–H groups in total. The van der Waals surface area contributed by atoms with Crippen LogP contribution in [-0.4, -0.2) is 53.0 Å². The Labute approximate surface area is 200 Å². The molecular formula is C25H25F2N7O. The van der Waals surface area contributed by atoms with E-state index in [-0.39, 0.29) is 11.4 Å². The number of nitrogens with two attached hydrogens (primary N) is 1. The lowest BCUT2D eigenvalue weighted by atomic mass is 10.1. The minimum Gasteiger partial charge on any atom is -0.383 e. The fourth-order valence-electron chi connectivity index (χ4n) is 4.57. The first kappa shape index (κ1) is 22.9. The Balaban J connectivity index is 1.86. The van der Waals surface area contributed by atoms with E-state index in [1.165, 1.54) is 12.3 Å². The number of hydrogen-bond acceptors (Lipinski definition) is 5.